The Labute approximate surface area is 209 Å². The first kappa shape index (κ1) is 29.1. The Morgan fingerprint density at radius 2 is 1.71 bits per heavy atom. The minimum atomic E-state index is -0.882. The van der Waals surface area contributed by atoms with Gasteiger partial charge in [-0.25, -0.2) is 0 Å². The van der Waals surface area contributed by atoms with Gasteiger partial charge >= 0.3 is 11.9 Å². The highest BCUT2D eigenvalue weighted by Gasteiger charge is 2.39. The molecular weight excluding hydrogens is 446 g/mol. The van der Waals surface area contributed by atoms with Gasteiger partial charge < -0.3 is 20.1 Å². The van der Waals surface area contributed by atoms with Crippen LogP contribution in [0.5, 0.6) is 0 Å². The van der Waals surface area contributed by atoms with E-state index in [2.05, 4.69) is 19.9 Å². The quantitative estimate of drug-likeness (QED) is 0.482. The number of carboxylic acid groups (broad SMARTS) is 1. The summed E-state index contributed by atoms with van der Waals surface area (Å²) in [7, 11) is 0. The Bertz CT molecular complexity index is 815. The minimum Gasteiger partial charge on any atom is -0.481 e. The van der Waals surface area contributed by atoms with Crippen LogP contribution < -0.4 is 0 Å². The summed E-state index contributed by atoms with van der Waals surface area (Å²) in [6, 6.07) is 2.10. The summed E-state index contributed by atoms with van der Waals surface area (Å²) in [6.45, 7) is 8.16. The Morgan fingerprint density at radius 3 is 2.34 bits per heavy atom. The standard InChI is InChI=1S/C28H43NO6/c1-17-12-18(2)14-20(4)27(32)21(16-29)8-5-6-11-25(22-9-7-10-23(22)28(33)34)35-26(31)15-24(30)19(3)13-17/h5-6,8,17-20,22-25,27,30,32H,7,9-15H2,1-4H3,(H,33,34)/b6-5-,21-8-/t17-,18+,19-,20-,22+,23+,24-,25-,27+/m0/s1. The van der Waals surface area contributed by atoms with E-state index in [1.54, 1.807) is 18.2 Å². The molecule has 9 atom stereocenters. The van der Waals surface area contributed by atoms with Crippen molar-refractivity contribution < 1.29 is 29.6 Å². The lowest BCUT2D eigenvalue weighted by atomic mass is 9.82. The van der Waals surface area contributed by atoms with E-state index in [1.165, 1.54) is 0 Å². The van der Waals surface area contributed by atoms with Crippen molar-refractivity contribution in [2.45, 2.75) is 97.4 Å². The molecule has 0 aromatic heterocycles. The van der Waals surface area contributed by atoms with Crippen LogP contribution in [0.4, 0.5) is 0 Å². The maximum absolute atomic E-state index is 12.7. The van der Waals surface area contributed by atoms with E-state index in [0.717, 1.165) is 25.7 Å². The molecule has 35 heavy (non-hydrogen) atoms. The summed E-state index contributed by atoms with van der Waals surface area (Å²) in [5.74, 6) is -1.77. The molecule has 1 saturated carbocycles. The van der Waals surface area contributed by atoms with Crippen LogP contribution >= 0.6 is 0 Å². The molecule has 0 radical (unpaired) electrons. The van der Waals surface area contributed by atoms with Crippen LogP contribution in [0.25, 0.3) is 0 Å². The Balaban J connectivity index is 2.30. The molecule has 0 unspecified atom stereocenters. The van der Waals surface area contributed by atoms with Crippen molar-refractivity contribution >= 4 is 11.9 Å². The van der Waals surface area contributed by atoms with Crippen LogP contribution in [0, 0.1) is 46.8 Å². The van der Waals surface area contributed by atoms with Gasteiger partial charge in [-0.2, -0.15) is 5.26 Å². The molecule has 3 N–H and O–H groups in total. The molecule has 7 heteroatoms. The highest BCUT2D eigenvalue weighted by molar-refractivity contribution is 5.72. The van der Waals surface area contributed by atoms with Crippen LogP contribution in [-0.4, -0.2) is 45.6 Å². The summed E-state index contributed by atoms with van der Waals surface area (Å²) in [5.41, 5.74) is 0.282. The fraction of sp³-hybridized carbons (Fsp3) is 0.750. The Morgan fingerprint density at radius 1 is 1.06 bits per heavy atom. The predicted octanol–water partition coefficient (Wildman–Crippen LogP) is 4.64. The first-order valence-corrected chi connectivity index (χ1v) is 13.1. The lowest BCUT2D eigenvalue weighted by molar-refractivity contribution is -0.159. The second-order valence-electron chi connectivity index (χ2n) is 11.1. The maximum Gasteiger partial charge on any atom is 0.308 e. The first-order chi connectivity index (χ1) is 16.5. The van der Waals surface area contributed by atoms with Crippen LogP contribution in [0.15, 0.2) is 23.8 Å². The molecule has 1 aliphatic carbocycles. The van der Waals surface area contributed by atoms with Gasteiger partial charge in [0, 0.05) is 12.3 Å². The van der Waals surface area contributed by atoms with Gasteiger partial charge in [0.15, 0.2) is 0 Å². The van der Waals surface area contributed by atoms with E-state index in [4.69, 9.17) is 4.74 Å². The smallest absolute Gasteiger partial charge is 0.308 e. The molecular formula is C28H43NO6. The highest BCUT2D eigenvalue weighted by Crippen LogP contribution is 2.37. The number of aliphatic carboxylic acids is 1. The van der Waals surface area contributed by atoms with Gasteiger partial charge in [0.1, 0.15) is 6.10 Å². The van der Waals surface area contributed by atoms with E-state index in [-0.39, 0.29) is 29.7 Å². The molecule has 1 aliphatic heterocycles. The number of esters is 1. The SMILES string of the molecule is C[C@@H]1C[C@H](C)C[C@H](C)[C@@H](O)CC(=O)O[C@H]([C@@H]2CCC[C@H]2C(=O)O)C/C=C\C=C(\C#N)[C@H](O)[C@@H](C)C1. The third kappa shape index (κ3) is 8.77. The number of allylic oxidation sites excluding steroid dienone is 2. The van der Waals surface area contributed by atoms with Crippen LogP contribution in [0.1, 0.15) is 79.1 Å². The second-order valence-corrected chi connectivity index (χ2v) is 11.1. The summed E-state index contributed by atoms with van der Waals surface area (Å²) in [4.78, 5) is 24.5. The summed E-state index contributed by atoms with van der Waals surface area (Å²) in [5, 5.41) is 40.6. The number of rotatable bonds is 2. The lowest BCUT2D eigenvalue weighted by Crippen LogP contribution is -2.34. The van der Waals surface area contributed by atoms with E-state index >= 15 is 0 Å². The van der Waals surface area contributed by atoms with Crippen molar-refractivity contribution in [2.24, 2.45) is 35.5 Å². The van der Waals surface area contributed by atoms with Gasteiger partial charge in [0.25, 0.3) is 0 Å². The monoisotopic (exact) mass is 489 g/mol. The number of carboxylic acids is 1. The van der Waals surface area contributed by atoms with E-state index in [9.17, 15) is 30.2 Å². The van der Waals surface area contributed by atoms with Crippen molar-refractivity contribution in [2.75, 3.05) is 0 Å². The number of carbonyl (C=O) groups is 2. The average molecular weight is 490 g/mol. The van der Waals surface area contributed by atoms with Gasteiger partial charge in [0.2, 0.25) is 0 Å². The van der Waals surface area contributed by atoms with Crippen LogP contribution in [0.3, 0.4) is 0 Å². The molecule has 1 fully saturated rings. The molecule has 0 aromatic rings. The maximum atomic E-state index is 12.7. The molecule has 2 rings (SSSR count). The second kappa shape index (κ2) is 13.8. The summed E-state index contributed by atoms with van der Waals surface area (Å²) >= 11 is 0. The fourth-order valence-electron chi connectivity index (χ4n) is 5.97. The number of hydrogen-bond acceptors (Lipinski definition) is 6. The minimum absolute atomic E-state index is 0.0816. The molecule has 1 heterocycles. The lowest BCUT2D eigenvalue weighted by Gasteiger charge is -2.28. The Kier molecular flexibility index (Phi) is 11.5. The van der Waals surface area contributed by atoms with Crippen LogP contribution in [-0.2, 0) is 14.3 Å². The van der Waals surface area contributed by atoms with Crippen molar-refractivity contribution in [3.63, 3.8) is 0 Å². The highest BCUT2D eigenvalue weighted by atomic mass is 16.5. The molecule has 0 spiro atoms. The number of nitriles is 1. The number of cyclic esters (lactones) is 1. The van der Waals surface area contributed by atoms with Crippen LogP contribution in [0.2, 0.25) is 0 Å². The topological polar surface area (TPSA) is 128 Å². The third-order valence-electron chi connectivity index (χ3n) is 7.80. The average Bonchev–Trinajstić information content (AvgIpc) is 3.27. The zero-order valence-corrected chi connectivity index (χ0v) is 21.6. The molecule has 0 amide bonds. The first-order valence-electron chi connectivity index (χ1n) is 13.1. The number of nitrogens with zero attached hydrogens (tertiary/aromatic N) is 1. The van der Waals surface area contributed by atoms with Crippen molar-refractivity contribution in [1.29, 1.82) is 5.26 Å². The Hall–Kier alpha value is -2.17. The number of aliphatic hydroxyl groups excluding tert-OH is 2. The molecule has 196 valence electrons. The summed E-state index contributed by atoms with van der Waals surface area (Å²) < 4.78 is 5.77. The normalized spacial score (nSPS) is 40.9. The fourth-order valence-corrected chi connectivity index (χ4v) is 5.97. The predicted molar refractivity (Wildman–Crippen MR) is 133 cm³/mol. The zero-order chi connectivity index (χ0) is 26.1. The zero-order valence-electron chi connectivity index (χ0n) is 21.6. The van der Waals surface area contributed by atoms with E-state index < -0.39 is 36.2 Å². The van der Waals surface area contributed by atoms with E-state index in [0.29, 0.717) is 31.1 Å². The van der Waals surface area contributed by atoms with Gasteiger partial charge in [-0.15, -0.1) is 0 Å². The van der Waals surface area contributed by atoms with Gasteiger partial charge in [-0.3, -0.25) is 9.59 Å². The summed E-state index contributed by atoms with van der Waals surface area (Å²) in [6.07, 6.45) is 7.33. The van der Waals surface area contributed by atoms with Gasteiger partial charge in [-0.1, -0.05) is 46.3 Å². The molecule has 2 aliphatic rings. The third-order valence-corrected chi connectivity index (χ3v) is 7.80. The molecule has 0 saturated heterocycles. The number of ether oxygens (including phenoxy) is 1. The van der Waals surface area contributed by atoms with E-state index in [1.807, 2.05) is 13.8 Å². The van der Waals surface area contributed by atoms with Crippen molar-refractivity contribution in [1.82, 2.24) is 0 Å². The molecule has 0 aromatic carbocycles. The largest absolute Gasteiger partial charge is 0.481 e. The van der Waals surface area contributed by atoms with Crippen molar-refractivity contribution in [3.05, 3.63) is 23.8 Å². The van der Waals surface area contributed by atoms with Gasteiger partial charge in [0.05, 0.1) is 36.2 Å². The number of carbonyl (C=O) groups excluding carboxylic acids is 1. The van der Waals surface area contributed by atoms with Gasteiger partial charge in [-0.05, 0) is 61.9 Å². The molecule has 7 nitrogen and oxygen atoms in total. The van der Waals surface area contributed by atoms with Crippen molar-refractivity contribution in [3.8, 4) is 6.07 Å². The number of aliphatic hydroxyl groups is 2. The number of hydrogen-bond donors (Lipinski definition) is 3. The molecule has 0 bridgehead atoms.